The number of carbonyl (C=O) groups is 1. The second-order valence-electron chi connectivity index (χ2n) is 7.30. The van der Waals surface area contributed by atoms with E-state index in [4.69, 9.17) is 0 Å². The van der Waals surface area contributed by atoms with E-state index in [1.54, 1.807) is 0 Å². The fourth-order valence-electron chi connectivity index (χ4n) is 4.42. The van der Waals surface area contributed by atoms with E-state index in [1.165, 1.54) is 23.3 Å². The number of halogens is 2. The van der Waals surface area contributed by atoms with Gasteiger partial charge in [-0.15, -0.1) is 0 Å². The van der Waals surface area contributed by atoms with Gasteiger partial charge in [0.15, 0.2) is 0 Å². The summed E-state index contributed by atoms with van der Waals surface area (Å²) in [7, 11) is 0. The number of likely N-dealkylation sites (tertiary alicyclic amines) is 1. The van der Waals surface area contributed by atoms with Crippen molar-refractivity contribution in [3.63, 3.8) is 0 Å². The number of hydrogen-bond donors (Lipinski definition) is 0. The van der Waals surface area contributed by atoms with Crippen molar-refractivity contribution in [2.75, 3.05) is 13.1 Å². The normalized spacial score (nSPS) is 22.2. The lowest BCUT2D eigenvalue weighted by atomic mass is 9.75. The molecule has 2 aromatic carbocycles. The molecule has 0 radical (unpaired) electrons. The van der Waals surface area contributed by atoms with Crippen LogP contribution in [0.5, 0.6) is 0 Å². The molecule has 1 atom stereocenters. The minimum absolute atomic E-state index is 0.0441. The van der Waals surface area contributed by atoms with Crippen LogP contribution in [0.1, 0.15) is 36.0 Å². The van der Waals surface area contributed by atoms with Crippen LogP contribution in [0.2, 0.25) is 0 Å². The Morgan fingerprint density at radius 3 is 2.85 bits per heavy atom. The zero-order valence-electron chi connectivity index (χ0n) is 14.6. The second-order valence-corrected chi connectivity index (χ2v) is 7.30. The van der Waals surface area contributed by atoms with Crippen molar-refractivity contribution in [1.82, 2.24) is 4.90 Å². The van der Waals surface area contributed by atoms with Crippen LogP contribution in [0.15, 0.2) is 48.5 Å². The standard InChI is InChI=1S/C22H21F2NO/c23-18-7-8-20(24)17(14-18)6-9-21(26)25-13-3-11-22(15-25)12-10-16-4-1-2-5-19(16)22/h1-2,4-9,14H,3,10-13,15H2/b9-6+. The van der Waals surface area contributed by atoms with E-state index in [9.17, 15) is 13.6 Å². The fourth-order valence-corrected chi connectivity index (χ4v) is 4.42. The van der Waals surface area contributed by atoms with Crippen molar-refractivity contribution in [2.45, 2.75) is 31.1 Å². The van der Waals surface area contributed by atoms with Crippen LogP contribution in [0, 0.1) is 11.6 Å². The average Bonchev–Trinajstić information content (AvgIpc) is 3.00. The lowest BCUT2D eigenvalue weighted by molar-refractivity contribution is -0.128. The highest BCUT2D eigenvalue weighted by Crippen LogP contribution is 2.44. The highest BCUT2D eigenvalue weighted by atomic mass is 19.1. The van der Waals surface area contributed by atoms with Crippen LogP contribution in [0.3, 0.4) is 0 Å². The Hall–Kier alpha value is -2.49. The van der Waals surface area contributed by atoms with E-state index in [2.05, 4.69) is 24.3 Å². The Balaban J connectivity index is 1.53. The van der Waals surface area contributed by atoms with Crippen molar-refractivity contribution in [1.29, 1.82) is 0 Å². The maximum absolute atomic E-state index is 13.7. The van der Waals surface area contributed by atoms with E-state index in [0.29, 0.717) is 13.1 Å². The minimum atomic E-state index is -0.532. The summed E-state index contributed by atoms with van der Waals surface area (Å²) in [6, 6.07) is 11.8. The molecule has 2 aromatic rings. The number of nitrogens with zero attached hydrogens (tertiary/aromatic N) is 1. The van der Waals surface area contributed by atoms with Gasteiger partial charge >= 0.3 is 0 Å². The van der Waals surface area contributed by atoms with Crippen LogP contribution < -0.4 is 0 Å². The predicted molar refractivity (Wildman–Crippen MR) is 97.6 cm³/mol. The first-order valence-electron chi connectivity index (χ1n) is 9.08. The molecule has 26 heavy (non-hydrogen) atoms. The van der Waals surface area contributed by atoms with Gasteiger partial charge in [0, 0.05) is 30.1 Å². The van der Waals surface area contributed by atoms with Crippen LogP contribution in [-0.2, 0) is 16.6 Å². The Morgan fingerprint density at radius 1 is 1.12 bits per heavy atom. The summed E-state index contributed by atoms with van der Waals surface area (Å²) in [5, 5.41) is 0. The number of benzene rings is 2. The Bertz CT molecular complexity index is 872. The summed E-state index contributed by atoms with van der Waals surface area (Å²) in [6.07, 6.45) is 6.90. The van der Waals surface area contributed by atoms with Gasteiger partial charge in [0.1, 0.15) is 11.6 Å². The van der Waals surface area contributed by atoms with E-state index in [-0.39, 0.29) is 16.9 Å². The van der Waals surface area contributed by atoms with Crippen molar-refractivity contribution < 1.29 is 13.6 Å². The number of amides is 1. The highest BCUT2D eigenvalue weighted by Gasteiger charge is 2.42. The highest BCUT2D eigenvalue weighted by molar-refractivity contribution is 5.92. The molecule has 0 bridgehead atoms. The van der Waals surface area contributed by atoms with Gasteiger partial charge < -0.3 is 4.90 Å². The Morgan fingerprint density at radius 2 is 1.96 bits per heavy atom. The van der Waals surface area contributed by atoms with Gasteiger partial charge in [-0.3, -0.25) is 4.79 Å². The van der Waals surface area contributed by atoms with Crippen molar-refractivity contribution in [3.8, 4) is 0 Å². The minimum Gasteiger partial charge on any atom is -0.338 e. The van der Waals surface area contributed by atoms with Crippen LogP contribution in [0.4, 0.5) is 8.78 Å². The molecule has 1 spiro atoms. The molecule has 4 rings (SSSR count). The Kier molecular flexibility index (Phi) is 4.35. The van der Waals surface area contributed by atoms with Gasteiger partial charge in [-0.25, -0.2) is 8.78 Å². The topological polar surface area (TPSA) is 20.3 Å². The van der Waals surface area contributed by atoms with Gasteiger partial charge in [-0.1, -0.05) is 24.3 Å². The lowest BCUT2D eigenvalue weighted by Crippen LogP contribution is -2.47. The number of fused-ring (bicyclic) bond motifs is 2. The third kappa shape index (κ3) is 3.05. The SMILES string of the molecule is O=C(/C=C/c1cc(F)ccc1F)N1CCCC2(CCc3ccccc32)C1. The number of aryl methyl sites for hydroxylation is 1. The molecule has 1 aliphatic heterocycles. The molecule has 2 aliphatic rings. The average molecular weight is 353 g/mol. The largest absolute Gasteiger partial charge is 0.338 e. The number of hydrogen-bond acceptors (Lipinski definition) is 1. The van der Waals surface area contributed by atoms with Gasteiger partial charge in [-0.2, -0.15) is 0 Å². The molecule has 2 nitrogen and oxygen atoms in total. The monoisotopic (exact) mass is 353 g/mol. The molecule has 0 N–H and O–H groups in total. The van der Waals surface area contributed by atoms with Gasteiger partial charge in [-0.05, 0) is 61.1 Å². The maximum atomic E-state index is 13.7. The number of piperidine rings is 1. The first-order valence-corrected chi connectivity index (χ1v) is 9.08. The molecular weight excluding hydrogens is 332 g/mol. The third-order valence-corrected chi connectivity index (χ3v) is 5.71. The molecule has 134 valence electrons. The van der Waals surface area contributed by atoms with Crippen molar-refractivity contribution in [2.24, 2.45) is 0 Å². The smallest absolute Gasteiger partial charge is 0.246 e. The molecule has 4 heteroatoms. The zero-order valence-corrected chi connectivity index (χ0v) is 14.6. The van der Waals surface area contributed by atoms with Crippen molar-refractivity contribution >= 4 is 12.0 Å². The molecule has 0 saturated carbocycles. The summed E-state index contributed by atoms with van der Waals surface area (Å²) in [6.45, 7) is 1.40. The predicted octanol–water partition coefficient (Wildman–Crippen LogP) is 4.48. The summed E-state index contributed by atoms with van der Waals surface area (Å²) < 4.78 is 27.0. The molecule has 1 amide bonds. The lowest BCUT2D eigenvalue weighted by Gasteiger charge is -2.41. The van der Waals surface area contributed by atoms with Gasteiger partial charge in [0.2, 0.25) is 5.91 Å². The summed E-state index contributed by atoms with van der Waals surface area (Å²) in [4.78, 5) is 14.5. The van der Waals surface area contributed by atoms with E-state index in [1.807, 2.05) is 4.90 Å². The first kappa shape index (κ1) is 17.0. The van der Waals surface area contributed by atoms with Crippen molar-refractivity contribution in [3.05, 3.63) is 76.9 Å². The van der Waals surface area contributed by atoms with Gasteiger partial charge in [0.05, 0.1) is 0 Å². The number of rotatable bonds is 2. The summed E-state index contributed by atoms with van der Waals surface area (Å²) >= 11 is 0. The van der Waals surface area contributed by atoms with Crippen LogP contribution in [0.25, 0.3) is 6.08 Å². The van der Waals surface area contributed by atoms with E-state index >= 15 is 0 Å². The third-order valence-electron chi connectivity index (χ3n) is 5.71. The quantitative estimate of drug-likeness (QED) is 0.729. The van der Waals surface area contributed by atoms with E-state index < -0.39 is 11.6 Å². The molecule has 1 aliphatic carbocycles. The first-order chi connectivity index (χ1) is 12.6. The second kappa shape index (κ2) is 6.67. The van der Waals surface area contributed by atoms with Crippen LogP contribution >= 0.6 is 0 Å². The number of carbonyl (C=O) groups excluding carboxylic acids is 1. The maximum Gasteiger partial charge on any atom is 0.246 e. The zero-order chi connectivity index (χ0) is 18.1. The molecule has 1 fully saturated rings. The van der Waals surface area contributed by atoms with E-state index in [0.717, 1.165) is 43.9 Å². The van der Waals surface area contributed by atoms with Crippen LogP contribution in [-0.4, -0.2) is 23.9 Å². The molecular formula is C22H21F2NO. The molecule has 1 unspecified atom stereocenters. The molecule has 1 heterocycles. The van der Waals surface area contributed by atoms with Gasteiger partial charge in [0.25, 0.3) is 0 Å². The summed E-state index contributed by atoms with van der Waals surface area (Å²) in [5.41, 5.74) is 2.90. The molecule has 0 aromatic heterocycles. The Labute approximate surface area is 152 Å². The molecule has 1 saturated heterocycles. The summed E-state index contributed by atoms with van der Waals surface area (Å²) in [5.74, 6) is -1.19. The fraction of sp³-hybridized carbons (Fsp3) is 0.318.